The molecule has 150 valence electrons. The molecule has 28 heavy (non-hydrogen) atoms. The third-order valence-corrected chi connectivity index (χ3v) is 5.25. The van der Waals surface area contributed by atoms with Crippen molar-refractivity contribution in [3.63, 3.8) is 0 Å². The van der Waals surface area contributed by atoms with Gasteiger partial charge in [0.05, 0.1) is 13.7 Å². The Hall–Kier alpha value is -2.60. The highest BCUT2D eigenvalue weighted by Gasteiger charge is 2.22. The van der Waals surface area contributed by atoms with Crippen molar-refractivity contribution in [3.05, 3.63) is 59.9 Å². The van der Waals surface area contributed by atoms with E-state index >= 15 is 0 Å². The van der Waals surface area contributed by atoms with Crippen LogP contribution in [0, 0.1) is 5.82 Å². The summed E-state index contributed by atoms with van der Waals surface area (Å²) in [5.41, 5.74) is 2.15. The maximum absolute atomic E-state index is 13.1. The molecule has 2 aromatic rings. The van der Waals surface area contributed by atoms with Crippen molar-refractivity contribution in [1.82, 2.24) is 10.2 Å². The van der Waals surface area contributed by atoms with Gasteiger partial charge in [0.25, 0.3) is 0 Å². The molecule has 0 bridgehead atoms. The lowest BCUT2D eigenvalue weighted by atomic mass is 10.0. The summed E-state index contributed by atoms with van der Waals surface area (Å²) < 4.78 is 18.3. The fourth-order valence-corrected chi connectivity index (χ4v) is 3.52. The number of piperazine rings is 1. The van der Waals surface area contributed by atoms with Gasteiger partial charge < -0.3 is 19.9 Å². The van der Waals surface area contributed by atoms with Crippen LogP contribution in [0.5, 0.6) is 5.75 Å². The Bertz CT molecular complexity index is 756. The zero-order chi connectivity index (χ0) is 19.9. The number of carbonyl (C=O) groups excluding carboxylic acids is 1. The van der Waals surface area contributed by atoms with E-state index in [1.165, 1.54) is 12.1 Å². The number of amides is 1. The number of anilines is 1. The molecular formula is C22H28FN3O2. The minimum Gasteiger partial charge on any atom is -0.497 e. The van der Waals surface area contributed by atoms with E-state index < -0.39 is 0 Å². The van der Waals surface area contributed by atoms with Gasteiger partial charge in [-0.1, -0.05) is 19.1 Å². The molecule has 0 spiro atoms. The van der Waals surface area contributed by atoms with Crippen molar-refractivity contribution in [3.8, 4) is 5.75 Å². The van der Waals surface area contributed by atoms with Gasteiger partial charge in [0.2, 0.25) is 5.91 Å². The summed E-state index contributed by atoms with van der Waals surface area (Å²) in [4.78, 5) is 16.7. The highest BCUT2D eigenvalue weighted by molar-refractivity contribution is 5.78. The molecule has 1 atom stereocenters. The molecule has 1 amide bonds. The van der Waals surface area contributed by atoms with Crippen molar-refractivity contribution in [2.45, 2.75) is 19.4 Å². The number of benzene rings is 2. The summed E-state index contributed by atoms with van der Waals surface area (Å²) in [6, 6.07) is 14.6. The minimum atomic E-state index is -0.231. The highest BCUT2D eigenvalue weighted by atomic mass is 19.1. The van der Waals surface area contributed by atoms with Gasteiger partial charge in [-0.25, -0.2) is 4.39 Å². The summed E-state index contributed by atoms with van der Waals surface area (Å²) >= 11 is 0. The summed E-state index contributed by atoms with van der Waals surface area (Å²) in [7, 11) is 1.65. The molecule has 3 rings (SSSR count). The summed E-state index contributed by atoms with van der Waals surface area (Å²) in [6.45, 7) is 5.30. The molecule has 1 heterocycles. The molecule has 2 aromatic carbocycles. The van der Waals surface area contributed by atoms with E-state index in [0.29, 0.717) is 19.6 Å². The van der Waals surface area contributed by atoms with Crippen molar-refractivity contribution in [2.75, 3.05) is 44.7 Å². The molecule has 6 heteroatoms. The Morgan fingerprint density at radius 2 is 1.71 bits per heavy atom. The molecule has 1 aliphatic rings. The third kappa shape index (κ3) is 5.01. The molecule has 0 aromatic heterocycles. The monoisotopic (exact) mass is 385 g/mol. The molecule has 0 saturated carbocycles. The van der Waals surface area contributed by atoms with E-state index in [4.69, 9.17) is 4.74 Å². The summed E-state index contributed by atoms with van der Waals surface area (Å²) in [5.74, 6) is 0.713. The summed E-state index contributed by atoms with van der Waals surface area (Å²) in [6.07, 6.45) is 0.901. The standard InChI is InChI=1S/C22H28FN3O2/c1-3-21(17-4-10-20(28-2)11-5-17)24-16-22(27)26-14-12-25(13-15-26)19-8-6-18(23)7-9-19/h4-11,21,24H,3,12-16H2,1-2H3. The van der Waals surface area contributed by atoms with Gasteiger partial charge in [-0.15, -0.1) is 0 Å². The van der Waals surface area contributed by atoms with E-state index in [1.54, 1.807) is 19.2 Å². The number of rotatable bonds is 7. The SMILES string of the molecule is CCC(NCC(=O)N1CCN(c2ccc(F)cc2)CC1)c1ccc(OC)cc1. The zero-order valence-corrected chi connectivity index (χ0v) is 16.5. The Labute approximate surface area is 166 Å². The Kier molecular flexibility index (Phi) is 6.87. The van der Waals surface area contributed by atoms with Crippen LogP contribution in [0.3, 0.4) is 0 Å². The van der Waals surface area contributed by atoms with Crippen LogP contribution in [0.15, 0.2) is 48.5 Å². The number of nitrogens with zero attached hydrogens (tertiary/aromatic N) is 2. The zero-order valence-electron chi connectivity index (χ0n) is 16.5. The van der Waals surface area contributed by atoms with Gasteiger partial charge >= 0.3 is 0 Å². The number of nitrogens with one attached hydrogen (secondary N) is 1. The summed E-state index contributed by atoms with van der Waals surface area (Å²) in [5, 5.41) is 3.38. The molecule has 1 fully saturated rings. The number of carbonyl (C=O) groups is 1. The second kappa shape index (κ2) is 9.55. The molecule has 1 unspecified atom stereocenters. The molecular weight excluding hydrogens is 357 g/mol. The smallest absolute Gasteiger partial charge is 0.236 e. The van der Waals surface area contributed by atoms with Gasteiger partial charge in [-0.2, -0.15) is 0 Å². The number of hydrogen-bond donors (Lipinski definition) is 1. The van der Waals surface area contributed by atoms with Crippen LogP contribution in [0.1, 0.15) is 24.9 Å². The van der Waals surface area contributed by atoms with Crippen LogP contribution in [-0.2, 0) is 4.79 Å². The van der Waals surface area contributed by atoms with E-state index in [2.05, 4.69) is 17.1 Å². The largest absolute Gasteiger partial charge is 0.497 e. The van der Waals surface area contributed by atoms with Crippen molar-refractivity contribution >= 4 is 11.6 Å². The molecule has 0 aliphatic carbocycles. The van der Waals surface area contributed by atoms with Gasteiger partial charge in [0.1, 0.15) is 11.6 Å². The van der Waals surface area contributed by atoms with Gasteiger partial charge in [-0.05, 0) is 48.4 Å². The van der Waals surface area contributed by atoms with Crippen LogP contribution in [0.2, 0.25) is 0 Å². The number of methoxy groups -OCH3 is 1. The first-order chi connectivity index (χ1) is 13.6. The van der Waals surface area contributed by atoms with Gasteiger partial charge in [-0.3, -0.25) is 4.79 Å². The maximum Gasteiger partial charge on any atom is 0.236 e. The predicted molar refractivity (Wildman–Crippen MR) is 109 cm³/mol. The highest BCUT2D eigenvalue weighted by Crippen LogP contribution is 2.20. The topological polar surface area (TPSA) is 44.8 Å². The van der Waals surface area contributed by atoms with Crippen LogP contribution in [0.25, 0.3) is 0 Å². The average molecular weight is 385 g/mol. The first-order valence-corrected chi connectivity index (χ1v) is 9.76. The van der Waals surface area contributed by atoms with E-state index in [0.717, 1.165) is 36.5 Å². The van der Waals surface area contributed by atoms with Crippen LogP contribution in [-0.4, -0.2) is 50.6 Å². The molecule has 1 aliphatic heterocycles. The Balaban J connectivity index is 1.48. The Morgan fingerprint density at radius 3 is 2.29 bits per heavy atom. The fourth-order valence-electron chi connectivity index (χ4n) is 3.52. The molecule has 0 radical (unpaired) electrons. The van der Waals surface area contributed by atoms with Crippen molar-refractivity contribution in [2.24, 2.45) is 0 Å². The molecule has 1 saturated heterocycles. The lowest BCUT2D eigenvalue weighted by Crippen LogP contribution is -2.51. The predicted octanol–water partition coefficient (Wildman–Crippen LogP) is 3.22. The first-order valence-electron chi connectivity index (χ1n) is 9.76. The quantitative estimate of drug-likeness (QED) is 0.795. The van der Waals surface area contributed by atoms with E-state index in [9.17, 15) is 9.18 Å². The lowest BCUT2D eigenvalue weighted by Gasteiger charge is -2.36. The van der Waals surface area contributed by atoms with Crippen LogP contribution in [0.4, 0.5) is 10.1 Å². The average Bonchev–Trinajstić information content (AvgIpc) is 2.75. The van der Waals surface area contributed by atoms with E-state index in [1.807, 2.05) is 29.2 Å². The second-order valence-electron chi connectivity index (χ2n) is 6.96. The van der Waals surface area contributed by atoms with Crippen molar-refractivity contribution in [1.29, 1.82) is 0 Å². The van der Waals surface area contributed by atoms with Gasteiger partial charge in [0.15, 0.2) is 0 Å². The van der Waals surface area contributed by atoms with Crippen LogP contribution >= 0.6 is 0 Å². The lowest BCUT2D eigenvalue weighted by molar-refractivity contribution is -0.130. The van der Waals surface area contributed by atoms with Crippen molar-refractivity contribution < 1.29 is 13.9 Å². The third-order valence-electron chi connectivity index (χ3n) is 5.25. The maximum atomic E-state index is 13.1. The minimum absolute atomic E-state index is 0.116. The molecule has 5 nitrogen and oxygen atoms in total. The van der Waals surface area contributed by atoms with Crippen LogP contribution < -0.4 is 15.0 Å². The van der Waals surface area contributed by atoms with E-state index in [-0.39, 0.29) is 17.8 Å². The number of hydrogen-bond acceptors (Lipinski definition) is 4. The Morgan fingerprint density at radius 1 is 1.07 bits per heavy atom. The second-order valence-corrected chi connectivity index (χ2v) is 6.96. The van der Waals surface area contributed by atoms with Gasteiger partial charge in [0, 0.05) is 37.9 Å². The fraction of sp³-hybridized carbons (Fsp3) is 0.409. The number of ether oxygens (including phenoxy) is 1. The number of halogens is 1. The first kappa shape index (κ1) is 20.1. The normalized spacial score (nSPS) is 15.4. The molecule has 1 N–H and O–H groups in total.